The molecule has 0 spiro atoms. The SMILES string of the molecule is O=C(Nc1cncc(Cl)n1)C1CC(F)CN1. The van der Waals surface area contributed by atoms with Crippen molar-refractivity contribution in [2.24, 2.45) is 0 Å². The van der Waals surface area contributed by atoms with Gasteiger partial charge in [0.25, 0.3) is 0 Å². The number of aromatic nitrogens is 2. The third-order valence-corrected chi connectivity index (χ3v) is 2.43. The second kappa shape index (κ2) is 4.71. The number of hydrogen-bond donors (Lipinski definition) is 2. The molecule has 1 aliphatic rings. The number of nitrogens with one attached hydrogen (secondary N) is 2. The summed E-state index contributed by atoms with van der Waals surface area (Å²) in [4.78, 5) is 19.2. The van der Waals surface area contributed by atoms with E-state index < -0.39 is 12.2 Å². The van der Waals surface area contributed by atoms with E-state index in [1.807, 2.05) is 0 Å². The molecule has 2 heterocycles. The first-order chi connectivity index (χ1) is 7.65. The summed E-state index contributed by atoms with van der Waals surface area (Å²) in [5, 5.41) is 5.49. The van der Waals surface area contributed by atoms with Gasteiger partial charge in [-0.2, -0.15) is 0 Å². The monoisotopic (exact) mass is 244 g/mol. The van der Waals surface area contributed by atoms with E-state index in [0.717, 1.165) is 0 Å². The zero-order valence-electron chi connectivity index (χ0n) is 8.28. The van der Waals surface area contributed by atoms with Crippen LogP contribution in [-0.2, 0) is 4.79 Å². The lowest BCUT2D eigenvalue weighted by atomic mass is 10.2. The van der Waals surface area contributed by atoms with Gasteiger partial charge in [0.1, 0.15) is 11.3 Å². The second-order valence-corrected chi connectivity index (χ2v) is 3.90. The average Bonchev–Trinajstić information content (AvgIpc) is 2.65. The minimum Gasteiger partial charge on any atom is -0.308 e. The fourth-order valence-corrected chi connectivity index (χ4v) is 1.66. The molecule has 0 radical (unpaired) electrons. The van der Waals surface area contributed by atoms with Crippen LogP contribution in [0.15, 0.2) is 12.4 Å². The largest absolute Gasteiger partial charge is 0.308 e. The van der Waals surface area contributed by atoms with Crippen molar-refractivity contribution in [2.75, 3.05) is 11.9 Å². The maximum Gasteiger partial charge on any atom is 0.242 e. The predicted molar refractivity (Wildman–Crippen MR) is 57.0 cm³/mol. The highest BCUT2D eigenvalue weighted by molar-refractivity contribution is 6.29. The summed E-state index contributed by atoms with van der Waals surface area (Å²) in [6.45, 7) is 0.208. The van der Waals surface area contributed by atoms with E-state index in [9.17, 15) is 9.18 Å². The van der Waals surface area contributed by atoms with Crippen molar-refractivity contribution in [3.8, 4) is 0 Å². The molecule has 16 heavy (non-hydrogen) atoms. The van der Waals surface area contributed by atoms with Gasteiger partial charge in [-0.3, -0.25) is 9.78 Å². The Balaban J connectivity index is 1.97. The van der Waals surface area contributed by atoms with E-state index in [0.29, 0.717) is 0 Å². The Morgan fingerprint density at radius 2 is 2.44 bits per heavy atom. The third-order valence-electron chi connectivity index (χ3n) is 2.25. The number of carbonyl (C=O) groups is 1. The van der Waals surface area contributed by atoms with Crippen LogP contribution < -0.4 is 10.6 Å². The van der Waals surface area contributed by atoms with Crippen molar-refractivity contribution < 1.29 is 9.18 Å². The average molecular weight is 245 g/mol. The Bertz CT molecular complexity index is 403. The summed E-state index contributed by atoms with van der Waals surface area (Å²) in [6.07, 6.45) is 1.95. The molecule has 1 aromatic heterocycles. The number of alkyl halides is 1. The van der Waals surface area contributed by atoms with Crippen LogP contribution in [0.25, 0.3) is 0 Å². The molecule has 86 valence electrons. The molecular formula is C9H10ClFN4O. The zero-order valence-corrected chi connectivity index (χ0v) is 9.04. The van der Waals surface area contributed by atoms with Crippen molar-refractivity contribution in [3.05, 3.63) is 17.5 Å². The molecule has 1 amide bonds. The Labute approximate surface area is 96.4 Å². The molecule has 2 unspecified atom stereocenters. The Morgan fingerprint density at radius 3 is 3.06 bits per heavy atom. The van der Waals surface area contributed by atoms with Gasteiger partial charge in [0.2, 0.25) is 5.91 Å². The van der Waals surface area contributed by atoms with Gasteiger partial charge < -0.3 is 10.6 Å². The van der Waals surface area contributed by atoms with Crippen molar-refractivity contribution in [1.29, 1.82) is 0 Å². The van der Waals surface area contributed by atoms with Crippen LogP contribution >= 0.6 is 11.6 Å². The molecule has 5 nitrogen and oxygen atoms in total. The van der Waals surface area contributed by atoms with Gasteiger partial charge in [-0.25, -0.2) is 9.37 Å². The summed E-state index contributed by atoms with van der Waals surface area (Å²) in [7, 11) is 0. The summed E-state index contributed by atoms with van der Waals surface area (Å²) >= 11 is 5.61. The summed E-state index contributed by atoms with van der Waals surface area (Å²) < 4.78 is 12.8. The van der Waals surface area contributed by atoms with E-state index in [-0.39, 0.29) is 29.8 Å². The molecular weight excluding hydrogens is 235 g/mol. The molecule has 1 aliphatic heterocycles. The molecule has 7 heteroatoms. The topological polar surface area (TPSA) is 66.9 Å². The highest BCUT2D eigenvalue weighted by Gasteiger charge is 2.29. The second-order valence-electron chi connectivity index (χ2n) is 3.51. The molecule has 0 bridgehead atoms. The lowest BCUT2D eigenvalue weighted by molar-refractivity contribution is -0.117. The molecule has 0 aromatic carbocycles. The first-order valence-electron chi connectivity index (χ1n) is 4.81. The number of amides is 1. The van der Waals surface area contributed by atoms with E-state index in [1.54, 1.807) is 0 Å². The summed E-state index contributed by atoms with van der Waals surface area (Å²) in [6, 6.07) is -0.518. The Hall–Kier alpha value is -1.27. The first-order valence-corrected chi connectivity index (χ1v) is 5.19. The minimum atomic E-state index is -0.971. The molecule has 1 fully saturated rings. The van der Waals surface area contributed by atoms with E-state index in [2.05, 4.69) is 20.6 Å². The van der Waals surface area contributed by atoms with Crippen LogP contribution in [0.4, 0.5) is 10.2 Å². The van der Waals surface area contributed by atoms with Crippen molar-refractivity contribution >= 4 is 23.3 Å². The molecule has 2 rings (SSSR count). The van der Waals surface area contributed by atoms with Crippen LogP contribution in [0.3, 0.4) is 0 Å². The number of halogens is 2. The van der Waals surface area contributed by atoms with Gasteiger partial charge in [-0.05, 0) is 0 Å². The maximum atomic E-state index is 12.8. The third kappa shape index (κ3) is 2.65. The smallest absolute Gasteiger partial charge is 0.242 e. The van der Waals surface area contributed by atoms with Crippen LogP contribution in [0.5, 0.6) is 0 Å². The van der Waals surface area contributed by atoms with Crippen molar-refractivity contribution in [1.82, 2.24) is 15.3 Å². The van der Waals surface area contributed by atoms with E-state index in [4.69, 9.17) is 11.6 Å². The Kier molecular flexibility index (Phi) is 3.31. The standard InChI is InChI=1S/C9H10ClFN4O/c10-7-3-12-4-8(14-7)15-9(16)6-1-5(11)2-13-6/h3-6,13H,1-2H2,(H,14,15,16). The number of rotatable bonds is 2. The minimum absolute atomic E-state index is 0.180. The number of hydrogen-bond acceptors (Lipinski definition) is 4. The quantitative estimate of drug-likeness (QED) is 0.807. The molecule has 0 aliphatic carbocycles. The highest BCUT2D eigenvalue weighted by Crippen LogP contribution is 2.12. The summed E-state index contributed by atoms with van der Waals surface area (Å²) in [5.41, 5.74) is 0. The fourth-order valence-electron chi connectivity index (χ4n) is 1.51. The zero-order chi connectivity index (χ0) is 11.5. The number of carbonyl (C=O) groups excluding carboxylic acids is 1. The molecule has 1 aromatic rings. The normalized spacial score (nSPS) is 24.4. The number of anilines is 1. The van der Waals surface area contributed by atoms with Crippen molar-refractivity contribution in [3.63, 3.8) is 0 Å². The molecule has 2 N–H and O–H groups in total. The van der Waals surface area contributed by atoms with Gasteiger partial charge in [-0.15, -0.1) is 0 Å². The Morgan fingerprint density at radius 1 is 1.62 bits per heavy atom. The van der Waals surface area contributed by atoms with Crippen LogP contribution in [0.1, 0.15) is 6.42 Å². The van der Waals surface area contributed by atoms with E-state index in [1.165, 1.54) is 12.4 Å². The van der Waals surface area contributed by atoms with Crippen molar-refractivity contribution in [2.45, 2.75) is 18.6 Å². The van der Waals surface area contributed by atoms with Gasteiger partial charge in [0.05, 0.1) is 18.4 Å². The van der Waals surface area contributed by atoms with Gasteiger partial charge in [0.15, 0.2) is 5.82 Å². The lowest BCUT2D eigenvalue weighted by Gasteiger charge is -2.09. The van der Waals surface area contributed by atoms with Crippen LogP contribution in [0.2, 0.25) is 5.15 Å². The first kappa shape index (κ1) is 11.2. The van der Waals surface area contributed by atoms with Crippen LogP contribution in [-0.4, -0.2) is 34.6 Å². The highest BCUT2D eigenvalue weighted by atomic mass is 35.5. The molecule has 1 saturated heterocycles. The van der Waals surface area contributed by atoms with E-state index >= 15 is 0 Å². The van der Waals surface area contributed by atoms with Gasteiger partial charge in [-0.1, -0.05) is 11.6 Å². The van der Waals surface area contributed by atoms with Gasteiger partial charge in [0, 0.05) is 13.0 Å². The number of nitrogens with zero attached hydrogens (tertiary/aromatic N) is 2. The fraction of sp³-hybridized carbons (Fsp3) is 0.444. The predicted octanol–water partition coefficient (Wildman–Crippen LogP) is 0.768. The molecule has 2 atom stereocenters. The molecule has 0 saturated carbocycles. The van der Waals surface area contributed by atoms with Crippen LogP contribution in [0, 0.1) is 0 Å². The maximum absolute atomic E-state index is 12.8. The summed E-state index contributed by atoms with van der Waals surface area (Å²) in [5.74, 6) is -0.0571. The van der Waals surface area contributed by atoms with Gasteiger partial charge >= 0.3 is 0 Å². The lowest BCUT2D eigenvalue weighted by Crippen LogP contribution is -2.35.